The number of halogens is 1. The van der Waals surface area contributed by atoms with Crippen LogP contribution in [0, 0.1) is 5.41 Å². The molecule has 0 amide bonds. The van der Waals surface area contributed by atoms with Crippen LogP contribution in [0.1, 0.15) is 30.4 Å². The van der Waals surface area contributed by atoms with Gasteiger partial charge < -0.3 is 10.2 Å². The molecule has 6 heteroatoms. The standard InChI is InChI=1S/C23H26ClNO4/c24-19-8-6-17(7-9-19)15-23(21(27)14-20(26)22(28)29)10-12-25(13-11-23)16-18-4-2-1-3-5-18/h1-9,20,26H,10-16H2,(H,28,29). The minimum atomic E-state index is -1.66. The van der Waals surface area contributed by atoms with Gasteiger partial charge in [-0.05, 0) is 55.6 Å². The van der Waals surface area contributed by atoms with Crippen molar-refractivity contribution in [3.05, 3.63) is 70.7 Å². The van der Waals surface area contributed by atoms with Crippen LogP contribution in [0.5, 0.6) is 0 Å². The molecule has 5 nitrogen and oxygen atoms in total. The van der Waals surface area contributed by atoms with Crippen LogP contribution >= 0.6 is 11.6 Å². The molecule has 0 aromatic heterocycles. The summed E-state index contributed by atoms with van der Waals surface area (Å²) in [4.78, 5) is 26.5. The summed E-state index contributed by atoms with van der Waals surface area (Å²) in [6.45, 7) is 2.32. The lowest BCUT2D eigenvalue weighted by molar-refractivity contribution is -0.151. The molecule has 1 heterocycles. The zero-order chi connectivity index (χ0) is 20.9. The molecule has 0 radical (unpaired) electrons. The monoisotopic (exact) mass is 415 g/mol. The van der Waals surface area contributed by atoms with Crippen molar-refractivity contribution in [1.29, 1.82) is 0 Å². The highest BCUT2D eigenvalue weighted by Gasteiger charge is 2.42. The second-order valence-electron chi connectivity index (χ2n) is 7.83. The Morgan fingerprint density at radius 3 is 2.21 bits per heavy atom. The fourth-order valence-electron chi connectivity index (χ4n) is 4.01. The van der Waals surface area contributed by atoms with E-state index in [0.29, 0.717) is 24.3 Å². The number of carboxylic acid groups (broad SMARTS) is 1. The lowest BCUT2D eigenvalue weighted by Gasteiger charge is -2.41. The van der Waals surface area contributed by atoms with Crippen molar-refractivity contribution >= 4 is 23.4 Å². The Balaban J connectivity index is 1.74. The van der Waals surface area contributed by atoms with Gasteiger partial charge in [-0.3, -0.25) is 9.69 Å². The van der Waals surface area contributed by atoms with E-state index in [2.05, 4.69) is 17.0 Å². The number of aliphatic hydroxyl groups is 1. The highest BCUT2D eigenvalue weighted by molar-refractivity contribution is 6.30. The quantitative estimate of drug-likeness (QED) is 0.689. The molecule has 2 aromatic carbocycles. The number of carbonyl (C=O) groups excluding carboxylic acids is 1. The Morgan fingerprint density at radius 1 is 1.00 bits per heavy atom. The molecule has 0 aliphatic carbocycles. The summed E-state index contributed by atoms with van der Waals surface area (Å²) >= 11 is 5.98. The van der Waals surface area contributed by atoms with E-state index in [-0.39, 0.29) is 12.2 Å². The molecule has 2 aromatic rings. The van der Waals surface area contributed by atoms with Crippen LogP contribution in [0.4, 0.5) is 0 Å². The minimum absolute atomic E-state index is 0.179. The Hall–Kier alpha value is -2.21. The molecular weight excluding hydrogens is 390 g/mol. The molecular formula is C23H26ClNO4. The highest BCUT2D eigenvalue weighted by atomic mass is 35.5. The number of hydrogen-bond acceptors (Lipinski definition) is 4. The summed E-state index contributed by atoms with van der Waals surface area (Å²) in [6.07, 6.45) is -0.232. The highest BCUT2D eigenvalue weighted by Crippen LogP contribution is 2.38. The second-order valence-corrected chi connectivity index (χ2v) is 8.26. The van der Waals surface area contributed by atoms with E-state index in [9.17, 15) is 14.7 Å². The lowest BCUT2D eigenvalue weighted by Crippen LogP contribution is -2.46. The number of Topliss-reactive ketones (excluding diaryl/α,β-unsaturated/α-hetero) is 1. The third-order valence-corrected chi connectivity index (χ3v) is 6.03. The Bertz CT molecular complexity index is 830. The molecule has 0 spiro atoms. The molecule has 1 saturated heterocycles. The molecule has 29 heavy (non-hydrogen) atoms. The molecule has 0 bridgehead atoms. The van der Waals surface area contributed by atoms with E-state index < -0.39 is 17.5 Å². The van der Waals surface area contributed by atoms with Gasteiger partial charge in [0, 0.05) is 23.4 Å². The summed E-state index contributed by atoms with van der Waals surface area (Å²) in [5, 5.41) is 19.4. The van der Waals surface area contributed by atoms with Gasteiger partial charge in [-0.2, -0.15) is 0 Å². The summed E-state index contributed by atoms with van der Waals surface area (Å²) < 4.78 is 0. The zero-order valence-corrected chi connectivity index (χ0v) is 17.0. The number of rotatable bonds is 8. The number of hydrogen-bond donors (Lipinski definition) is 2. The van der Waals surface area contributed by atoms with Crippen molar-refractivity contribution in [2.45, 2.75) is 38.3 Å². The van der Waals surface area contributed by atoms with Gasteiger partial charge in [-0.1, -0.05) is 54.1 Å². The number of aliphatic hydroxyl groups excluding tert-OH is 1. The smallest absolute Gasteiger partial charge is 0.332 e. The van der Waals surface area contributed by atoms with Gasteiger partial charge in [-0.25, -0.2) is 4.79 Å². The van der Waals surface area contributed by atoms with Crippen molar-refractivity contribution in [2.75, 3.05) is 13.1 Å². The van der Waals surface area contributed by atoms with Gasteiger partial charge in [0.15, 0.2) is 6.10 Å². The molecule has 1 atom stereocenters. The Morgan fingerprint density at radius 2 is 1.62 bits per heavy atom. The van der Waals surface area contributed by atoms with Gasteiger partial charge >= 0.3 is 5.97 Å². The molecule has 3 rings (SSSR count). The average Bonchev–Trinajstić information content (AvgIpc) is 2.72. The maximum atomic E-state index is 13.1. The number of aliphatic carboxylic acids is 1. The average molecular weight is 416 g/mol. The van der Waals surface area contributed by atoms with E-state index in [1.807, 2.05) is 30.3 Å². The normalized spacial score (nSPS) is 17.6. The fourth-order valence-corrected chi connectivity index (χ4v) is 4.13. The van der Waals surface area contributed by atoms with E-state index in [4.69, 9.17) is 16.7 Å². The molecule has 154 valence electrons. The van der Waals surface area contributed by atoms with Crippen LogP contribution in [-0.4, -0.2) is 46.1 Å². The first-order valence-electron chi connectivity index (χ1n) is 9.83. The van der Waals surface area contributed by atoms with Crippen LogP contribution < -0.4 is 0 Å². The number of carbonyl (C=O) groups is 2. The predicted octanol–water partition coefficient (Wildman–Crippen LogP) is 3.57. The topological polar surface area (TPSA) is 77.8 Å². The van der Waals surface area contributed by atoms with Crippen molar-refractivity contribution in [2.24, 2.45) is 5.41 Å². The van der Waals surface area contributed by atoms with Crippen molar-refractivity contribution < 1.29 is 19.8 Å². The Labute approximate surface area is 175 Å². The molecule has 0 saturated carbocycles. The van der Waals surface area contributed by atoms with Crippen LogP contribution in [0.3, 0.4) is 0 Å². The van der Waals surface area contributed by atoms with Gasteiger partial charge in [0.2, 0.25) is 0 Å². The zero-order valence-electron chi connectivity index (χ0n) is 16.3. The van der Waals surface area contributed by atoms with Crippen LogP contribution in [0.15, 0.2) is 54.6 Å². The van der Waals surface area contributed by atoms with Crippen molar-refractivity contribution in [3.8, 4) is 0 Å². The van der Waals surface area contributed by atoms with Crippen LogP contribution in [0.25, 0.3) is 0 Å². The number of nitrogens with zero attached hydrogens (tertiary/aromatic N) is 1. The molecule has 1 fully saturated rings. The number of ketones is 1. The number of carboxylic acids is 1. The van der Waals surface area contributed by atoms with Gasteiger partial charge in [0.05, 0.1) is 0 Å². The van der Waals surface area contributed by atoms with E-state index in [0.717, 1.165) is 25.2 Å². The molecule has 1 aliphatic heterocycles. The van der Waals surface area contributed by atoms with Gasteiger partial charge in [-0.15, -0.1) is 0 Å². The maximum absolute atomic E-state index is 13.1. The van der Waals surface area contributed by atoms with Gasteiger partial charge in [0.25, 0.3) is 0 Å². The molecule has 1 unspecified atom stereocenters. The van der Waals surface area contributed by atoms with E-state index in [1.54, 1.807) is 12.1 Å². The number of likely N-dealkylation sites (tertiary alicyclic amines) is 1. The van der Waals surface area contributed by atoms with Crippen LogP contribution in [0.2, 0.25) is 5.02 Å². The summed E-state index contributed by atoms with van der Waals surface area (Å²) in [5.74, 6) is -1.54. The SMILES string of the molecule is O=C(O)C(O)CC(=O)C1(Cc2ccc(Cl)cc2)CCN(Cc2ccccc2)CC1. The van der Waals surface area contributed by atoms with E-state index in [1.165, 1.54) is 5.56 Å². The first kappa shape index (κ1) is 21.5. The van der Waals surface area contributed by atoms with Crippen molar-refractivity contribution in [3.63, 3.8) is 0 Å². The third-order valence-electron chi connectivity index (χ3n) is 5.77. The largest absolute Gasteiger partial charge is 0.479 e. The first-order valence-corrected chi connectivity index (χ1v) is 10.2. The summed E-state index contributed by atoms with van der Waals surface area (Å²) in [5.41, 5.74) is 1.55. The molecule has 1 aliphatic rings. The second kappa shape index (κ2) is 9.53. The summed E-state index contributed by atoms with van der Waals surface area (Å²) in [7, 11) is 0. The van der Waals surface area contributed by atoms with Crippen LogP contribution in [-0.2, 0) is 22.6 Å². The number of benzene rings is 2. The maximum Gasteiger partial charge on any atom is 0.332 e. The number of piperidine rings is 1. The summed E-state index contributed by atoms with van der Waals surface area (Å²) in [6, 6.07) is 17.6. The Kier molecular flexibility index (Phi) is 7.06. The lowest BCUT2D eigenvalue weighted by atomic mass is 9.69. The predicted molar refractivity (Wildman–Crippen MR) is 112 cm³/mol. The third kappa shape index (κ3) is 5.66. The minimum Gasteiger partial charge on any atom is -0.479 e. The molecule has 2 N–H and O–H groups in total. The van der Waals surface area contributed by atoms with Crippen molar-refractivity contribution in [1.82, 2.24) is 4.90 Å². The fraction of sp³-hybridized carbons (Fsp3) is 0.391. The van der Waals surface area contributed by atoms with Gasteiger partial charge in [0.1, 0.15) is 5.78 Å². The first-order chi connectivity index (χ1) is 13.9. The van der Waals surface area contributed by atoms with E-state index >= 15 is 0 Å².